The molecule has 11 heteroatoms. The molecular formula is C38H53NO10. The normalized spacial score (nSPS) is 14.4. The molecule has 0 unspecified atom stereocenters. The summed E-state index contributed by atoms with van der Waals surface area (Å²) in [5, 5.41) is 3.15. The van der Waals surface area contributed by atoms with Crippen LogP contribution in [0.15, 0.2) is 29.1 Å². The van der Waals surface area contributed by atoms with E-state index in [0.29, 0.717) is 60.5 Å². The van der Waals surface area contributed by atoms with Gasteiger partial charge in [0.05, 0.1) is 34.5 Å². The second-order valence-electron chi connectivity index (χ2n) is 14.5. The minimum Gasteiger partial charge on any atom is -0.493 e. The number of carbonyl (C=O) groups excluding carboxylic acids is 3. The first kappa shape index (κ1) is 39.2. The first-order valence-corrected chi connectivity index (χ1v) is 16.7. The maximum Gasteiger partial charge on any atom is 0.323 e. The molecule has 2 aromatic carbocycles. The lowest BCUT2D eigenvalue weighted by atomic mass is 9.84. The van der Waals surface area contributed by atoms with E-state index < -0.39 is 34.6 Å². The van der Waals surface area contributed by atoms with Crippen molar-refractivity contribution in [3.8, 4) is 34.1 Å². The number of unbranched alkanes of at least 4 members (excludes halogenated alkanes) is 2. The lowest BCUT2D eigenvalue weighted by molar-refractivity contribution is -0.184. The third-order valence-electron chi connectivity index (χ3n) is 8.34. The van der Waals surface area contributed by atoms with Crippen LogP contribution in [0.1, 0.15) is 104 Å². The van der Waals surface area contributed by atoms with E-state index in [9.17, 15) is 19.2 Å². The lowest BCUT2D eigenvalue weighted by Crippen LogP contribution is -2.44. The molecule has 0 aliphatic heterocycles. The van der Waals surface area contributed by atoms with Crippen LogP contribution < -0.4 is 29.7 Å². The van der Waals surface area contributed by atoms with Crippen molar-refractivity contribution in [2.24, 2.45) is 5.41 Å². The van der Waals surface area contributed by atoms with Crippen molar-refractivity contribution >= 4 is 17.8 Å². The van der Waals surface area contributed by atoms with Crippen molar-refractivity contribution in [2.45, 2.75) is 111 Å². The number of hydrogen-bond acceptors (Lipinski definition) is 10. The Morgan fingerprint density at radius 1 is 0.755 bits per heavy atom. The minimum absolute atomic E-state index is 0.170. The molecule has 0 heterocycles. The van der Waals surface area contributed by atoms with Gasteiger partial charge in [-0.3, -0.25) is 19.2 Å². The molecule has 0 saturated heterocycles. The Balaban J connectivity index is 1.81. The van der Waals surface area contributed by atoms with Gasteiger partial charge < -0.3 is 33.7 Å². The fourth-order valence-corrected chi connectivity index (χ4v) is 5.89. The fraction of sp³-hybridized carbons (Fsp3) is 0.579. The van der Waals surface area contributed by atoms with E-state index in [0.717, 1.165) is 11.1 Å². The average molecular weight is 684 g/mol. The summed E-state index contributed by atoms with van der Waals surface area (Å²) in [6.45, 7) is 12.1. The van der Waals surface area contributed by atoms with Gasteiger partial charge in [-0.05, 0) is 109 Å². The number of benzene rings is 1. The Morgan fingerprint density at radius 3 is 1.88 bits per heavy atom. The van der Waals surface area contributed by atoms with Crippen LogP contribution in [0.4, 0.5) is 0 Å². The van der Waals surface area contributed by atoms with Gasteiger partial charge in [0.2, 0.25) is 17.1 Å². The van der Waals surface area contributed by atoms with Crippen LogP contribution in [-0.4, -0.2) is 57.5 Å². The quantitative estimate of drug-likeness (QED) is 0.142. The Morgan fingerprint density at radius 2 is 1.35 bits per heavy atom. The summed E-state index contributed by atoms with van der Waals surface area (Å²) in [6, 6.07) is 6.35. The van der Waals surface area contributed by atoms with Gasteiger partial charge in [-0.15, -0.1) is 0 Å². The van der Waals surface area contributed by atoms with E-state index in [1.165, 1.54) is 20.3 Å². The molecule has 270 valence electrons. The number of aryl methyl sites for hydroxylation is 1. The number of hydrogen-bond donors (Lipinski definition) is 1. The first-order valence-electron chi connectivity index (χ1n) is 16.7. The van der Waals surface area contributed by atoms with Gasteiger partial charge >= 0.3 is 11.9 Å². The number of nitrogens with one attached hydrogen (secondary N) is 1. The topological polar surface area (TPSA) is 136 Å². The van der Waals surface area contributed by atoms with Crippen LogP contribution in [0.5, 0.6) is 23.0 Å². The van der Waals surface area contributed by atoms with Crippen molar-refractivity contribution in [2.75, 3.05) is 28.4 Å². The number of ether oxygens (including phenoxy) is 6. The molecule has 1 N–H and O–H groups in total. The van der Waals surface area contributed by atoms with Gasteiger partial charge in [0.25, 0.3) is 0 Å². The summed E-state index contributed by atoms with van der Waals surface area (Å²) in [4.78, 5) is 52.9. The van der Waals surface area contributed by atoms with Crippen LogP contribution in [0.2, 0.25) is 0 Å². The second kappa shape index (κ2) is 16.0. The van der Waals surface area contributed by atoms with E-state index in [4.69, 9.17) is 28.4 Å². The Bertz CT molecular complexity index is 1560. The number of methoxy groups -OCH3 is 4. The Hall–Kier alpha value is -4.28. The van der Waals surface area contributed by atoms with E-state index >= 15 is 0 Å². The molecular weight excluding hydrogens is 630 g/mol. The van der Waals surface area contributed by atoms with Crippen LogP contribution in [0.25, 0.3) is 11.1 Å². The zero-order chi connectivity index (χ0) is 36.7. The molecule has 2 aromatic rings. The van der Waals surface area contributed by atoms with Crippen molar-refractivity contribution in [1.82, 2.24) is 5.32 Å². The van der Waals surface area contributed by atoms with E-state index in [-0.39, 0.29) is 29.9 Å². The highest BCUT2D eigenvalue weighted by Crippen LogP contribution is 2.50. The van der Waals surface area contributed by atoms with Gasteiger partial charge in [-0.2, -0.15) is 0 Å². The van der Waals surface area contributed by atoms with E-state index in [1.807, 2.05) is 6.07 Å². The monoisotopic (exact) mass is 683 g/mol. The third-order valence-corrected chi connectivity index (χ3v) is 8.34. The predicted molar refractivity (Wildman–Crippen MR) is 186 cm³/mol. The van der Waals surface area contributed by atoms with Gasteiger partial charge in [-0.25, -0.2) is 0 Å². The smallest absolute Gasteiger partial charge is 0.323 e. The van der Waals surface area contributed by atoms with Gasteiger partial charge in [0.1, 0.15) is 11.2 Å². The molecule has 1 atom stereocenters. The molecule has 0 bridgehead atoms. The highest BCUT2D eigenvalue weighted by molar-refractivity contribution is 5.99. The standard InChI is InChI=1S/C38H53NO10/c1-36(2,3)48-34(42)38(7,35(43)49-37(4,5)6)20-14-12-13-15-30(41)39-26-18-16-23-21-29(45-9)32(46-10)33(47-11)31(23)24-17-19-28(44-8)27(40)22-25(24)26/h17,19,21-22,26H,12-16,18,20H2,1-11H3,(H,39,41)/t26-/m0/s1. The first-order chi connectivity index (χ1) is 22.9. The molecule has 1 aliphatic carbocycles. The summed E-state index contributed by atoms with van der Waals surface area (Å²) >= 11 is 0. The number of carbonyl (C=O) groups is 3. The van der Waals surface area contributed by atoms with Crippen LogP contribution in [0.3, 0.4) is 0 Å². The minimum atomic E-state index is -1.49. The average Bonchev–Trinajstić information content (AvgIpc) is 3.25. The molecule has 0 saturated carbocycles. The molecule has 0 radical (unpaired) electrons. The summed E-state index contributed by atoms with van der Waals surface area (Å²) < 4.78 is 33.6. The summed E-state index contributed by atoms with van der Waals surface area (Å²) in [7, 11) is 6.08. The van der Waals surface area contributed by atoms with Crippen molar-refractivity contribution < 1.29 is 42.8 Å². The maximum absolute atomic E-state index is 13.4. The SMILES string of the molecule is COc1cc2c(c(OC)c1OC)-c1ccc(OC)c(=O)cc1[C@@H](NC(=O)CCCCCC(C)(C(=O)OC(C)(C)C)C(=O)OC(C)(C)C)CC2. The summed E-state index contributed by atoms with van der Waals surface area (Å²) in [5.74, 6) is 0.128. The molecule has 49 heavy (non-hydrogen) atoms. The molecule has 1 aliphatic rings. The van der Waals surface area contributed by atoms with E-state index in [1.54, 1.807) is 74.8 Å². The molecule has 11 nitrogen and oxygen atoms in total. The van der Waals surface area contributed by atoms with Crippen LogP contribution >= 0.6 is 0 Å². The predicted octanol–water partition coefficient (Wildman–Crippen LogP) is 6.49. The van der Waals surface area contributed by atoms with Crippen molar-refractivity contribution in [1.29, 1.82) is 0 Å². The molecule has 3 rings (SSSR count). The van der Waals surface area contributed by atoms with Crippen LogP contribution in [-0.2, 0) is 30.3 Å². The van der Waals surface area contributed by atoms with Gasteiger partial charge in [-0.1, -0.05) is 18.9 Å². The highest BCUT2D eigenvalue weighted by Gasteiger charge is 2.46. The number of esters is 2. The third kappa shape index (κ3) is 9.67. The largest absolute Gasteiger partial charge is 0.493 e. The van der Waals surface area contributed by atoms with Gasteiger partial charge in [0, 0.05) is 12.0 Å². The fourth-order valence-electron chi connectivity index (χ4n) is 5.89. The van der Waals surface area contributed by atoms with Crippen molar-refractivity contribution in [3.63, 3.8) is 0 Å². The maximum atomic E-state index is 13.4. The van der Waals surface area contributed by atoms with Crippen molar-refractivity contribution in [3.05, 3.63) is 45.6 Å². The number of fused-ring (bicyclic) bond motifs is 3. The van der Waals surface area contributed by atoms with Crippen LogP contribution in [0, 0.1) is 5.41 Å². The van der Waals surface area contributed by atoms with Gasteiger partial charge in [0.15, 0.2) is 22.7 Å². The number of rotatable bonds is 13. The molecule has 1 amide bonds. The van der Waals surface area contributed by atoms with E-state index in [2.05, 4.69) is 5.32 Å². The Labute approximate surface area is 289 Å². The molecule has 0 spiro atoms. The molecule has 0 fully saturated rings. The zero-order valence-electron chi connectivity index (χ0n) is 30.9. The summed E-state index contributed by atoms with van der Waals surface area (Å²) in [6.07, 6.45) is 3.13. The molecule has 0 aromatic heterocycles. The highest BCUT2D eigenvalue weighted by atomic mass is 16.6. The zero-order valence-corrected chi connectivity index (χ0v) is 30.9. The second-order valence-corrected chi connectivity index (χ2v) is 14.5. The Kier molecular flexibility index (Phi) is 12.8. The lowest BCUT2D eigenvalue weighted by Gasteiger charge is -2.32. The summed E-state index contributed by atoms with van der Waals surface area (Å²) in [5.41, 5.74) is -0.324. The number of amides is 1.